The third-order valence-electron chi connectivity index (χ3n) is 2.73. The summed E-state index contributed by atoms with van der Waals surface area (Å²) in [5, 5.41) is 0. The molecule has 7 heteroatoms. The van der Waals surface area contributed by atoms with Crippen LogP contribution in [-0.2, 0) is 10.0 Å². The molecule has 20 heavy (non-hydrogen) atoms. The molecule has 0 aliphatic rings. The number of fused-ring (bicyclic) bond motifs is 1. The fraction of sp³-hybridized carbons (Fsp3) is 0.154. The Morgan fingerprint density at radius 3 is 2.70 bits per heavy atom. The minimum absolute atomic E-state index is 0.295. The van der Waals surface area contributed by atoms with Crippen molar-refractivity contribution in [3.05, 3.63) is 41.1 Å². The number of anilines is 1. The van der Waals surface area contributed by atoms with E-state index in [1.54, 1.807) is 37.3 Å². The molecule has 0 bridgehead atoms. The van der Waals surface area contributed by atoms with E-state index < -0.39 is 10.0 Å². The number of aromatic nitrogens is 1. The van der Waals surface area contributed by atoms with Gasteiger partial charge in [-0.25, -0.2) is 13.4 Å². The van der Waals surface area contributed by atoms with Crippen LogP contribution in [-0.4, -0.2) is 13.4 Å². The van der Waals surface area contributed by atoms with Crippen molar-refractivity contribution in [3.8, 4) is 0 Å². The van der Waals surface area contributed by atoms with Gasteiger partial charge in [-0.1, -0.05) is 0 Å². The molecule has 0 aliphatic heterocycles. The minimum Gasteiger partial charge on any atom is -0.441 e. The number of aryl methyl sites for hydroxylation is 2. The Hall–Kier alpha value is -1.86. The first-order valence-corrected chi connectivity index (χ1v) is 8.20. The summed E-state index contributed by atoms with van der Waals surface area (Å²) < 4.78 is 32.6. The topological polar surface area (TPSA) is 72.2 Å². The highest BCUT2D eigenvalue weighted by molar-refractivity contribution is 7.94. The van der Waals surface area contributed by atoms with Crippen molar-refractivity contribution in [1.82, 2.24) is 4.98 Å². The summed E-state index contributed by atoms with van der Waals surface area (Å²) in [6.45, 7) is 3.62. The summed E-state index contributed by atoms with van der Waals surface area (Å²) in [6.07, 6.45) is 0. The van der Waals surface area contributed by atoms with Gasteiger partial charge in [-0.15, -0.1) is 11.3 Å². The summed E-state index contributed by atoms with van der Waals surface area (Å²) in [4.78, 5) is 5.12. The van der Waals surface area contributed by atoms with Gasteiger partial charge in [-0.3, -0.25) is 4.72 Å². The second kappa shape index (κ2) is 4.60. The number of sulfonamides is 1. The van der Waals surface area contributed by atoms with Gasteiger partial charge in [0, 0.05) is 17.9 Å². The lowest BCUT2D eigenvalue weighted by Crippen LogP contribution is -2.11. The molecule has 0 unspecified atom stereocenters. The summed E-state index contributed by atoms with van der Waals surface area (Å²) >= 11 is 1.24. The maximum absolute atomic E-state index is 12.2. The number of thiophene rings is 1. The number of benzene rings is 1. The average molecular weight is 308 g/mol. The van der Waals surface area contributed by atoms with Gasteiger partial charge in [0.15, 0.2) is 11.5 Å². The largest absolute Gasteiger partial charge is 0.441 e. The highest BCUT2D eigenvalue weighted by Crippen LogP contribution is 2.25. The standard InChI is InChI=1S/C13H12N2O3S2/c1-8-3-6-13(19-8)20(16,17)15-10-4-5-11-12(7-10)18-9(2)14-11/h3-7,15H,1-2H3. The van der Waals surface area contributed by atoms with Gasteiger partial charge in [0.2, 0.25) is 0 Å². The molecule has 0 spiro atoms. The van der Waals surface area contributed by atoms with Crippen molar-refractivity contribution in [1.29, 1.82) is 0 Å². The van der Waals surface area contributed by atoms with E-state index in [0.29, 0.717) is 26.9 Å². The minimum atomic E-state index is -3.55. The molecule has 0 amide bonds. The number of oxazole rings is 1. The quantitative estimate of drug-likeness (QED) is 0.805. The van der Waals surface area contributed by atoms with Crippen LogP contribution >= 0.6 is 11.3 Å². The predicted molar refractivity (Wildman–Crippen MR) is 78.6 cm³/mol. The Morgan fingerprint density at radius 2 is 2.00 bits per heavy atom. The van der Waals surface area contributed by atoms with E-state index >= 15 is 0 Å². The second-order valence-corrected chi connectivity index (χ2v) is 7.58. The molecule has 2 aromatic heterocycles. The number of hydrogen-bond acceptors (Lipinski definition) is 5. The van der Waals surface area contributed by atoms with Crippen molar-refractivity contribution >= 4 is 38.1 Å². The number of hydrogen-bond donors (Lipinski definition) is 1. The van der Waals surface area contributed by atoms with Crippen LogP contribution in [0.25, 0.3) is 11.1 Å². The van der Waals surface area contributed by atoms with E-state index in [9.17, 15) is 8.42 Å². The first-order valence-electron chi connectivity index (χ1n) is 5.90. The normalized spacial score (nSPS) is 11.9. The van der Waals surface area contributed by atoms with Gasteiger partial charge in [0.25, 0.3) is 10.0 Å². The van der Waals surface area contributed by atoms with Gasteiger partial charge in [-0.05, 0) is 31.2 Å². The maximum atomic E-state index is 12.2. The van der Waals surface area contributed by atoms with Crippen LogP contribution in [0.3, 0.4) is 0 Å². The Morgan fingerprint density at radius 1 is 1.20 bits per heavy atom. The van der Waals surface area contributed by atoms with E-state index in [-0.39, 0.29) is 0 Å². The third-order valence-corrected chi connectivity index (χ3v) is 5.60. The van der Waals surface area contributed by atoms with Crippen LogP contribution in [0.1, 0.15) is 10.8 Å². The molecule has 0 saturated heterocycles. The van der Waals surface area contributed by atoms with Crippen molar-refractivity contribution in [2.24, 2.45) is 0 Å². The lowest BCUT2D eigenvalue weighted by molar-refractivity contribution is 0.561. The molecular formula is C13H12N2O3S2. The highest BCUT2D eigenvalue weighted by Gasteiger charge is 2.16. The SMILES string of the molecule is Cc1nc2ccc(NS(=O)(=O)c3ccc(C)s3)cc2o1. The van der Waals surface area contributed by atoms with Crippen LogP contribution in [0.4, 0.5) is 5.69 Å². The van der Waals surface area contributed by atoms with Crippen molar-refractivity contribution < 1.29 is 12.8 Å². The maximum Gasteiger partial charge on any atom is 0.271 e. The Labute approximate surface area is 120 Å². The molecule has 0 saturated carbocycles. The van der Waals surface area contributed by atoms with Crippen LogP contribution in [0.15, 0.2) is 39.0 Å². The van der Waals surface area contributed by atoms with E-state index in [1.165, 1.54) is 11.3 Å². The number of nitrogens with one attached hydrogen (secondary N) is 1. The van der Waals surface area contributed by atoms with Crippen LogP contribution in [0.5, 0.6) is 0 Å². The molecule has 104 valence electrons. The lowest BCUT2D eigenvalue weighted by atomic mass is 10.3. The summed E-state index contributed by atoms with van der Waals surface area (Å²) in [7, 11) is -3.55. The van der Waals surface area contributed by atoms with Crippen LogP contribution < -0.4 is 4.72 Å². The molecule has 3 aromatic rings. The highest BCUT2D eigenvalue weighted by atomic mass is 32.2. The molecule has 0 atom stereocenters. The molecular weight excluding hydrogens is 296 g/mol. The average Bonchev–Trinajstić information content (AvgIpc) is 2.93. The van der Waals surface area contributed by atoms with E-state index in [1.807, 2.05) is 6.92 Å². The zero-order valence-corrected chi connectivity index (χ0v) is 12.5. The molecule has 0 fully saturated rings. The van der Waals surface area contributed by atoms with Crippen LogP contribution in [0, 0.1) is 13.8 Å². The molecule has 0 aliphatic carbocycles. The number of rotatable bonds is 3. The fourth-order valence-electron chi connectivity index (χ4n) is 1.87. The van der Waals surface area contributed by atoms with Crippen LogP contribution in [0.2, 0.25) is 0 Å². The molecule has 1 N–H and O–H groups in total. The monoisotopic (exact) mass is 308 g/mol. The smallest absolute Gasteiger partial charge is 0.271 e. The van der Waals surface area contributed by atoms with Gasteiger partial charge in [0.05, 0.1) is 5.69 Å². The van der Waals surface area contributed by atoms with Crippen molar-refractivity contribution in [2.75, 3.05) is 4.72 Å². The second-order valence-electron chi connectivity index (χ2n) is 4.39. The van der Waals surface area contributed by atoms with Gasteiger partial charge >= 0.3 is 0 Å². The Kier molecular flexibility index (Phi) is 3.02. The Bertz CT molecular complexity index is 878. The summed E-state index contributed by atoms with van der Waals surface area (Å²) in [5.74, 6) is 0.550. The van der Waals surface area contributed by atoms with Gasteiger partial charge in [0.1, 0.15) is 9.73 Å². The van der Waals surface area contributed by atoms with Crippen molar-refractivity contribution in [2.45, 2.75) is 18.1 Å². The van der Waals surface area contributed by atoms with E-state index in [0.717, 1.165) is 4.88 Å². The third kappa shape index (κ3) is 2.41. The molecule has 5 nitrogen and oxygen atoms in total. The number of nitrogens with zero attached hydrogens (tertiary/aromatic N) is 1. The van der Waals surface area contributed by atoms with Gasteiger partial charge in [-0.2, -0.15) is 0 Å². The van der Waals surface area contributed by atoms with E-state index in [2.05, 4.69) is 9.71 Å². The predicted octanol–water partition coefficient (Wildman–Crippen LogP) is 3.31. The molecule has 1 aromatic carbocycles. The van der Waals surface area contributed by atoms with E-state index in [4.69, 9.17) is 4.42 Å². The van der Waals surface area contributed by atoms with Gasteiger partial charge < -0.3 is 4.42 Å². The first-order chi connectivity index (χ1) is 9.44. The lowest BCUT2D eigenvalue weighted by Gasteiger charge is -2.05. The van der Waals surface area contributed by atoms with Crippen molar-refractivity contribution in [3.63, 3.8) is 0 Å². The summed E-state index contributed by atoms with van der Waals surface area (Å²) in [6, 6.07) is 8.40. The zero-order chi connectivity index (χ0) is 14.3. The molecule has 0 radical (unpaired) electrons. The first kappa shape index (κ1) is 13.1. The summed E-state index contributed by atoms with van der Waals surface area (Å²) in [5.41, 5.74) is 1.72. The molecule has 2 heterocycles. The zero-order valence-electron chi connectivity index (χ0n) is 10.9. The molecule has 3 rings (SSSR count). The fourth-order valence-corrected chi connectivity index (χ4v) is 4.20. The Balaban J connectivity index is 1.96.